The zero-order valence-corrected chi connectivity index (χ0v) is 11.8. The van der Waals surface area contributed by atoms with Gasteiger partial charge >= 0.3 is 0 Å². The number of azo groups is 1. The van der Waals surface area contributed by atoms with Crippen LogP contribution >= 0.6 is 0 Å². The van der Waals surface area contributed by atoms with Crippen LogP contribution in [0, 0.1) is 0 Å². The van der Waals surface area contributed by atoms with Crippen LogP contribution in [0.2, 0.25) is 0 Å². The lowest BCUT2D eigenvalue weighted by Crippen LogP contribution is -2.08. The molecule has 2 N–H and O–H groups in total. The Hall–Kier alpha value is -2.82. The van der Waals surface area contributed by atoms with E-state index in [0.717, 1.165) is 0 Å². The Morgan fingerprint density at radius 3 is 2.05 bits per heavy atom. The second-order valence-corrected chi connectivity index (χ2v) is 4.57. The minimum atomic E-state index is -0.269. The molecular weight excluding hydrogens is 266 g/mol. The largest absolute Gasteiger partial charge is 0.398 e. The lowest BCUT2D eigenvalue weighted by molar-refractivity contribution is 0.0982. The maximum Gasteiger partial charge on any atom is 0.162 e. The highest BCUT2D eigenvalue weighted by atomic mass is 16.1. The van der Waals surface area contributed by atoms with Crippen molar-refractivity contribution in [2.24, 2.45) is 10.2 Å². The van der Waals surface area contributed by atoms with Crippen molar-refractivity contribution in [3.8, 4) is 0 Å². The first kappa shape index (κ1) is 14.6. The Bertz CT molecular complexity index is 722. The number of Topliss-reactive ketones (excluding diaryl/α,β-unsaturated/α-hetero) is 2. The molecule has 5 heteroatoms. The molecule has 21 heavy (non-hydrogen) atoms. The van der Waals surface area contributed by atoms with Gasteiger partial charge in [-0.2, -0.15) is 5.11 Å². The normalized spacial score (nSPS) is 10.8. The van der Waals surface area contributed by atoms with Gasteiger partial charge < -0.3 is 5.73 Å². The number of rotatable bonds is 4. The van der Waals surface area contributed by atoms with E-state index in [0.29, 0.717) is 11.4 Å². The molecule has 0 aliphatic rings. The number of anilines is 1. The monoisotopic (exact) mass is 281 g/mol. The number of hydrogen-bond acceptors (Lipinski definition) is 5. The van der Waals surface area contributed by atoms with Gasteiger partial charge in [0.1, 0.15) is 0 Å². The fourth-order valence-electron chi connectivity index (χ4n) is 2.03. The number of nitrogen functional groups attached to an aromatic ring is 1. The van der Waals surface area contributed by atoms with E-state index in [-0.39, 0.29) is 28.4 Å². The maximum absolute atomic E-state index is 11.8. The Morgan fingerprint density at radius 2 is 1.48 bits per heavy atom. The molecule has 0 aliphatic heterocycles. The summed E-state index contributed by atoms with van der Waals surface area (Å²) in [6.45, 7) is 2.75. The van der Waals surface area contributed by atoms with E-state index < -0.39 is 0 Å². The predicted molar refractivity (Wildman–Crippen MR) is 81.5 cm³/mol. The van der Waals surface area contributed by atoms with E-state index in [4.69, 9.17) is 5.73 Å². The van der Waals surface area contributed by atoms with Gasteiger partial charge in [0.15, 0.2) is 11.6 Å². The van der Waals surface area contributed by atoms with E-state index in [9.17, 15) is 9.59 Å². The van der Waals surface area contributed by atoms with E-state index in [1.165, 1.54) is 13.8 Å². The van der Waals surface area contributed by atoms with Crippen LogP contribution < -0.4 is 5.73 Å². The van der Waals surface area contributed by atoms with Gasteiger partial charge in [-0.15, -0.1) is 5.11 Å². The van der Waals surface area contributed by atoms with E-state index in [1.54, 1.807) is 24.3 Å². The van der Waals surface area contributed by atoms with Crippen LogP contribution in [0.25, 0.3) is 0 Å². The van der Waals surface area contributed by atoms with Crippen LogP contribution in [0.5, 0.6) is 0 Å². The highest BCUT2D eigenvalue weighted by Crippen LogP contribution is 2.30. The van der Waals surface area contributed by atoms with Gasteiger partial charge in [0.2, 0.25) is 0 Å². The fraction of sp³-hybridized carbons (Fsp3) is 0.125. The summed E-state index contributed by atoms with van der Waals surface area (Å²) in [5, 5.41) is 8.15. The Kier molecular flexibility index (Phi) is 4.23. The summed E-state index contributed by atoms with van der Waals surface area (Å²) in [7, 11) is 0. The molecule has 0 unspecified atom stereocenters. The first-order valence-electron chi connectivity index (χ1n) is 6.42. The SMILES string of the molecule is CC(=O)c1c(N)ccc(N=Nc2ccccc2)c1C(C)=O. The molecular formula is C16H15N3O2. The Labute approximate surface area is 122 Å². The van der Waals surface area contributed by atoms with Gasteiger partial charge in [0.25, 0.3) is 0 Å². The molecule has 0 aromatic heterocycles. The summed E-state index contributed by atoms with van der Waals surface area (Å²) < 4.78 is 0. The minimum Gasteiger partial charge on any atom is -0.398 e. The first-order valence-corrected chi connectivity index (χ1v) is 6.42. The standard InChI is InChI=1S/C16H15N3O2/c1-10(20)15-13(17)8-9-14(16(15)11(2)21)19-18-12-6-4-3-5-7-12/h3-9H,17H2,1-2H3. The summed E-state index contributed by atoms with van der Waals surface area (Å²) >= 11 is 0. The molecule has 0 fully saturated rings. The molecule has 0 amide bonds. The molecule has 0 saturated carbocycles. The molecule has 0 bridgehead atoms. The van der Waals surface area contributed by atoms with Gasteiger partial charge in [-0.25, -0.2) is 0 Å². The van der Waals surface area contributed by atoms with E-state index >= 15 is 0 Å². The molecule has 5 nitrogen and oxygen atoms in total. The molecule has 106 valence electrons. The van der Waals surface area contributed by atoms with Crippen LogP contribution in [0.4, 0.5) is 17.1 Å². The molecule has 2 aromatic rings. The zero-order chi connectivity index (χ0) is 15.4. The topological polar surface area (TPSA) is 84.9 Å². The smallest absolute Gasteiger partial charge is 0.162 e. The van der Waals surface area contributed by atoms with Crippen LogP contribution in [-0.2, 0) is 0 Å². The van der Waals surface area contributed by atoms with Crippen LogP contribution in [-0.4, -0.2) is 11.6 Å². The van der Waals surface area contributed by atoms with Gasteiger partial charge in [-0.1, -0.05) is 18.2 Å². The summed E-state index contributed by atoms with van der Waals surface area (Å²) in [5.41, 5.74) is 7.47. The molecule has 2 rings (SSSR count). The van der Waals surface area contributed by atoms with Crippen molar-refractivity contribution in [3.63, 3.8) is 0 Å². The zero-order valence-electron chi connectivity index (χ0n) is 11.8. The van der Waals surface area contributed by atoms with Crippen molar-refractivity contribution in [1.29, 1.82) is 0 Å². The van der Waals surface area contributed by atoms with Crippen molar-refractivity contribution in [1.82, 2.24) is 0 Å². The fourth-order valence-corrected chi connectivity index (χ4v) is 2.03. The van der Waals surface area contributed by atoms with E-state index in [1.807, 2.05) is 18.2 Å². The lowest BCUT2D eigenvalue weighted by atomic mass is 9.97. The quantitative estimate of drug-likeness (QED) is 0.520. The number of benzene rings is 2. The van der Waals surface area contributed by atoms with Crippen molar-refractivity contribution >= 4 is 28.6 Å². The molecule has 0 atom stereocenters. The summed E-state index contributed by atoms with van der Waals surface area (Å²) in [6.07, 6.45) is 0. The minimum absolute atomic E-state index is 0.201. The Balaban J connectivity index is 2.54. The van der Waals surface area contributed by atoms with Crippen molar-refractivity contribution in [2.75, 3.05) is 5.73 Å². The van der Waals surface area contributed by atoms with Crippen molar-refractivity contribution in [2.45, 2.75) is 13.8 Å². The van der Waals surface area contributed by atoms with Gasteiger partial charge in [-0.05, 0) is 38.1 Å². The number of ketones is 2. The average molecular weight is 281 g/mol. The van der Waals surface area contributed by atoms with Crippen LogP contribution in [0.15, 0.2) is 52.7 Å². The molecule has 0 radical (unpaired) electrons. The van der Waals surface area contributed by atoms with Gasteiger partial charge in [-0.3, -0.25) is 9.59 Å². The lowest BCUT2D eigenvalue weighted by Gasteiger charge is -2.09. The number of nitrogens with two attached hydrogens (primary N) is 1. The third kappa shape index (κ3) is 3.20. The molecule has 0 saturated heterocycles. The summed E-state index contributed by atoms with van der Waals surface area (Å²) in [4.78, 5) is 23.6. The highest BCUT2D eigenvalue weighted by Gasteiger charge is 2.19. The summed E-state index contributed by atoms with van der Waals surface area (Å²) in [6, 6.07) is 12.3. The second-order valence-electron chi connectivity index (χ2n) is 4.57. The number of nitrogens with zero attached hydrogens (tertiary/aromatic N) is 2. The highest BCUT2D eigenvalue weighted by molar-refractivity contribution is 6.13. The van der Waals surface area contributed by atoms with Gasteiger partial charge in [0, 0.05) is 5.69 Å². The van der Waals surface area contributed by atoms with Gasteiger partial charge in [0.05, 0.1) is 22.5 Å². The van der Waals surface area contributed by atoms with E-state index in [2.05, 4.69) is 10.2 Å². The van der Waals surface area contributed by atoms with Crippen molar-refractivity contribution in [3.05, 3.63) is 53.6 Å². The first-order chi connectivity index (χ1) is 10.0. The number of hydrogen-bond donors (Lipinski definition) is 1. The average Bonchev–Trinajstić information content (AvgIpc) is 2.46. The number of carbonyl (C=O) groups excluding carboxylic acids is 2. The third-order valence-electron chi connectivity index (χ3n) is 2.95. The molecule has 0 aliphatic carbocycles. The third-order valence-corrected chi connectivity index (χ3v) is 2.95. The molecule has 0 heterocycles. The van der Waals surface area contributed by atoms with Crippen molar-refractivity contribution < 1.29 is 9.59 Å². The maximum atomic E-state index is 11.8. The second kappa shape index (κ2) is 6.09. The summed E-state index contributed by atoms with van der Waals surface area (Å²) in [5.74, 6) is -0.538. The Morgan fingerprint density at radius 1 is 0.857 bits per heavy atom. The van der Waals surface area contributed by atoms with Crippen LogP contribution in [0.1, 0.15) is 34.6 Å². The predicted octanol–water partition coefficient (Wildman–Crippen LogP) is 4.09. The molecule has 0 spiro atoms. The van der Waals surface area contributed by atoms with Crippen LogP contribution in [0.3, 0.4) is 0 Å². The molecule has 2 aromatic carbocycles. The number of carbonyl (C=O) groups is 2.